The number of hydrogen-bond acceptors (Lipinski definition) is 5. The predicted octanol–water partition coefficient (Wildman–Crippen LogP) is 3.79. The van der Waals surface area contributed by atoms with Crippen LogP contribution in [-0.4, -0.2) is 62.3 Å². The van der Waals surface area contributed by atoms with Crippen molar-refractivity contribution in [2.45, 2.75) is 10.9 Å². The Morgan fingerprint density at radius 3 is 2.35 bits per heavy atom. The molecule has 1 saturated heterocycles. The summed E-state index contributed by atoms with van der Waals surface area (Å²) in [6.45, 7) is 0.936. The van der Waals surface area contributed by atoms with E-state index >= 15 is 0 Å². The number of anilines is 1. The van der Waals surface area contributed by atoms with E-state index in [0.29, 0.717) is 30.0 Å². The minimum atomic E-state index is -3.72. The van der Waals surface area contributed by atoms with E-state index in [-0.39, 0.29) is 36.0 Å². The summed E-state index contributed by atoms with van der Waals surface area (Å²) in [4.78, 5) is 28.1. The van der Waals surface area contributed by atoms with Crippen LogP contribution in [0.15, 0.2) is 76.1 Å². The number of nitrogens with one attached hydrogen (secondary N) is 1. The molecule has 3 aromatic carbocycles. The first-order chi connectivity index (χ1) is 17.7. The van der Waals surface area contributed by atoms with Crippen LogP contribution in [0.25, 0.3) is 0 Å². The number of halogens is 2. The van der Waals surface area contributed by atoms with Gasteiger partial charge in [0.25, 0.3) is 5.91 Å². The van der Waals surface area contributed by atoms with Crippen molar-refractivity contribution in [3.63, 3.8) is 0 Å². The first kappa shape index (κ1) is 25.5. The van der Waals surface area contributed by atoms with Crippen LogP contribution >= 0.6 is 15.9 Å². The Hall–Kier alpha value is -3.12. The zero-order valence-electron chi connectivity index (χ0n) is 19.6. The lowest BCUT2D eigenvalue weighted by molar-refractivity contribution is -0.117. The van der Waals surface area contributed by atoms with Gasteiger partial charge in [0.15, 0.2) is 0 Å². The van der Waals surface area contributed by atoms with Crippen molar-refractivity contribution in [2.24, 2.45) is 0 Å². The average Bonchev–Trinajstić information content (AvgIpc) is 3.05. The molecular weight excluding hydrogens is 565 g/mol. The second kappa shape index (κ2) is 10.3. The van der Waals surface area contributed by atoms with Crippen LogP contribution in [0.2, 0.25) is 0 Å². The van der Waals surface area contributed by atoms with Gasteiger partial charge in [0.2, 0.25) is 15.9 Å². The summed E-state index contributed by atoms with van der Waals surface area (Å²) in [6, 6.07) is 16.1. The average molecular weight is 588 g/mol. The van der Waals surface area contributed by atoms with E-state index < -0.39 is 27.8 Å². The summed E-state index contributed by atoms with van der Waals surface area (Å²) in [5.41, 5.74) is 2.05. The molecule has 2 amide bonds. The molecule has 37 heavy (non-hydrogen) atoms. The minimum Gasteiger partial charge on any atom is -0.379 e. The number of amides is 2. The predicted molar refractivity (Wildman–Crippen MR) is 138 cm³/mol. The van der Waals surface area contributed by atoms with E-state index in [9.17, 15) is 22.4 Å². The number of fused-ring (bicyclic) bond motifs is 1. The van der Waals surface area contributed by atoms with E-state index in [1.807, 2.05) is 6.07 Å². The van der Waals surface area contributed by atoms with E-state index in [4.69, 9.17) is 4.74 Å². The minimum absolute atomic E-state index is 0.0731. The smallest absolute Gasteiger partial charge is 0.255 e. The number of carbonyl (C=O) groups is 2. The van der Waals surface area contributed by atoms with Crippen LogP contribution in [0.4, 0.5) is 10.1 Å². The van der Waals surface area contributed by atoms with E-state index in [1.165, 1.54) is 45.6 Å². The molecule has 0 bridgehead atoms. The molecule has 5 rings (SSSR count). The van der Waals surface area contributed by atoms with Crippen LogP contribution in [-0.2, 0) is 19.6 Å². The van der Waals surface area contributed by atoms with Gasteiger partial charge in [0, 0.05) is 34.4 Å². The Morgan fingerprint density at radius 2 is 1.68 bits per heavy atom. The van der Waals surface area contributed by atoms with Gasteiger partial charge in [-0.2, -0.15) is 4.31 Å². The molecule has 0 aromatic heterocycles. The number of nitrogens with zero attached hydrogens (tertiary/aromatic N) is 2. The molecule has 0 unspecified atom stereocenters. The second-order valence-corrected chi connectivity index (χ2v) is 11.6. The molecule has 2 aliphatic heterocycles. The number of sulfonamides is 1. The molecular formula is C26H23BrFN3O5S. The van der Waals surface area contributed by atoms with Crippen LogP contribution in [0, 0.1) is 5.82 Å². The van der Waals surface area contributed by atoms with Gasteiger partial charge in [0.1, 0.15) is 12.4 Å². The molecule has 11 heteroatoms. The SMILES string of the molecule is O=C1CN(C(=O)c2ccc(S(=O)(=O)N3CCOCC3)cc2)[C@@H](c2ccc(F)cc2)c2cc(Br)ccc2N1. The van der Waals surface area contributed by atoms with E-state index in [1.54, 1.807) is 24.3 Å². The van der Waals surface area contributed by atoms with Gasteiger partial charge in [-0.25, -0.2) is 12.8 Å². The van der Waals surface area contributed by atoms with Gasteiger partial charge < -0.3 is 15.0 Å². The van der Waals surface area contributed by atoms with Crippen molar-refractivity contribution in [1.82, 2.24) is 9.21 Å². The lowest BCUT2D eigenvalue weighted by Gasteiger charge is -2.31. The molecule has 8 nitrogen and oxygen atoms in total. The summed E-state index contributed by atoms with van der Waals surface area (Å²) < 4.78 is 47.0. The largest absolute Gasteiger partial charge is 0.379 e. The Kier molecular flexibility index (Phi) is 7.13. The molecule has 0 saturated carbocycles. The maximum absolute atomic E-state index is 13.8. The molecule has 0 aliphatic carbocycles. The van der Waals surface area contributed by atoms with Crippen molar-refractivity contribution in [2.75, 3.05) is 38.2 Å². The van der Waals surface area contributed by atoms with Gasteiger partial charge in [-0.1, -0.05) is 28.1 Å². The number of benzene rings is 3. The molecule has 0 radical (unpaired) electrons. The fraction of sp³-hybridized carbons (Fsp3) is 0.231. The number of rotatable bonds is 4. The normalized spacial score (nSPS) is 18.6. The summed E-state index contributed by atoms with van der Waals surface area (Å²) in [5.74, 6) is -1.27. The van der Waals surface area contributed by atoms with Crippen molar-refractivity contribution in [3.05, 3.63) is 93.7 Å². The van der Waals surface area contributed by atoms with Gasteiger partial charge in [-0.3, -0.25) is 9.59 Å². The van der Waals surface area contributed by atoms with Crippen LogP contribution in [0.1, 0.15) is 27.5 Å². The van der Waals surface area contributed by atoms with Crippen LogP contribution in [0.5, 0.6) is 0 Å². The maximum atomic E-state index is 13.8. The van der Waals surface area contributed by atoms with Crippen molar-refractivity contribution in [3.8, 4) is 0 Å². The highest BCUT2D eigenvalue weighted by molar-refractivity contribution is 9.10. The zero-order valence-corrected chi connectivity index (χ0v) is 22.0. The highest BCUT2D eigenvalue weighted by Gasteiger charge is 2.34. The third kappa shape index (κ3) is 5.17. The Balaban J connectivity index is 1.53. The van der Waals surface area contributed by atoms with E-state index in [0.717, 1.165) is 4.47 Å². The van der Waals surface area contributed by atoms with Gasteiger partial charge in [-0.05, 0) is 60.2 Å². The molecule has 2 heterocycles. The fourth-order valence-electron chi connectivity index (χ4n) is 4.54. The zero-order chi connectivity index (χ0) is 26.2. The highest BCUT2D eigenvalue weighted by atomic mass is 79.9. The lowest BCUT2D eigenvalue weighted by Crippen LogP contribution is -2.40. The third-order valence-electron chi connectivity index (χ3n) is 6.36. The topological polar surface area (TPSA) is 96.0 Å². The van der Waals surface area contributed by atoms with Crippen molar-refractivity contribution in [1.29, 1.82) is 0 Å². The summed E-state index contributed by atoms with van der Waals surface area (Å²) in [7, 11) is -3.72. The second-order valence-electron chi connectivity index (χ2n) is 8.71. The van der Waals surface area contributed by atoms with Crippen LogP contribution in [0.3, 0.4) is 0 Å². The number of hydrogen-bond donors (Lipinski definition) is 1. The summed E-state index contributed by atoms with van der Waals surface area (Å²) >= 11 is 3.46. The monoisotopic (exact) mass is 587 g/mol. The highest BCUT2D eigenvalue weighted by Crippen LogP contribution is 2.38. The first-order valence-corrected chi connectivity index (χ1v) is 13.8. The molecule has 0 spiro atoms. The van der Waals surface area contributed by atoms with Crippen LogP contribution < -0.4 is 5.32 Å². The first-order valence-electron chi connectivity index (χ1n) is 11.6. The summed E-state index contributed by atoms with van der Waals surface area (Å²) in [6.07, 6.45) is 0. The standard InChI is InChI=1S/C26H23BrFN3O5S/c27-19-5-10-23-22(15-19)25(17-1-6-20(28)7-2-17)31(16-24(32)29-23)26(33)18-3-8-21(9-4-18)37(34,35)30-11-13-36-14-12-30/h1-10,15,25H,11-14,16H2,(H,29,32)/t25-/m0/s1. The summed E-state index contributed by atoms with van der Waals surface area (Å²) in [5, 5.41) is 2.84. The van der Waals surface area contributed by atoms with E-state index in [2.05, 4.69) is 21.2 Å². The quantitative estimate of drug-likeness (QED) is 0.501. The molecule has 1 fully saturated rings. The van der Waals surface area contributed by atoms with Crippen molar-refractivity contribution >= 4 is 43.5 Å². The number of carbonyl (C=O) groups excluding carboxylic acids is 2. The molecule has 192 valence electrons. The fourth-order valence-corrected chi connectivity index (χ4v) is 6.33. The van der Waals surface area contributed by atoms with Gasteiger partial charge in [-0.15, -0.1) is 0 Å². The maximum Gasteiger partial charge on any atom is 0.255 e. The van der Waals surface area contributed by atoms with Crippen molar-refractivity contribution < 1.29 is 27.1 Å². The third-order valence-corrected chi connectivity index (χ3v) is 8.77. The Labute approximate surface area is 222 Å². The molecule has 2 aliphatic rings. The number of morpholine rings is 1. The molecule has 3 aromatic rings. The Morgan fingerprint density at radius 1 is 1.00 bits per heavy atom. The molecule has 1 N–H and O–H groups in total. The Bertz CT molecular complexity index is 1440. The van der Waals surface area contributed by atoms with Gasteiger partial charge in [0.05, 0.1) is 24.2 Å². The molecule has 1 atom stereocenters. The lowest BCUT2D eigenvalue weighted by atomic mass is 9.95. The van der Waals surface area contributed by atoms with Gasteiger partial charge >= 0.3 is 0 Å². The number of ether oxygens (including phenoxy) is 1.